The normalized spacial score (nSPS) is 9.70. The standard InChI is InChI=1S/C14H22N2O2S.ClH/c1-18-12-4-6-13(7-5-12)19-11-8-14(17)16-10-3-2-9-15;/h4-7H,2-3,8-11,15H2,1H3,(H,16,17);1H. The number of amides is 1. The zero-order chi connectivity index (χ0) is 13.9. The molecule has 0 unspecified atom stereocenters. The average molecular weight is 319 g/mol. The lowest BCUT2D eigenvalue weighted by atomic mass is 10.3. The molecule has 4 nitrogen and oxygen atoms in total. The second kappa shape index (κ2) is 11.9. The molecule has 0 aliphatic rings. The molecule has 1 aromatic carbocycles. The third-order valence-electron chi connectivity index (χ3n) is 2.61. The van der Waals surface area contributed by atoms with Gasteiger partial charge in [-0.05, 0) is 43.7 Å². The van der Waals surface area contributed by atoms with E-state index >= 15 is 0 Å². The Balaban J connectivity index is 0.00000361. The van der Waals surface area contributed by atoms with Gasteiger partial charge in [0.1, 0.15) is 5.75 Å². The molecule has 0 aliphatic carbocycles. The van der Waals surface area contributed by atoms with E-state index in [2.05, 4.69) is 5.32 Å². The molecule has 0 aliphatic heterocycles. The Morgan fingerprint density at radius 3 is 2.60 bits per heavy atom. The van der Waals surface area contributed by atoms with Crippen LogP contribution in [0.25, 0.3) is 0 Å². The summed E-state index contributed by atoms with van der Waals surface area (Å²) in [5.41, 5.74) is 5.39. The SMILES string of the molecule is COc1ccc(SCCC(=O)NCCCCN)cc1.Cl. The monoisotopic (exact) mass is 318 g/mol. The van der Waals surface area contributed by atoms with Crippen LogP contribution in [0.15, 0.2) is 29.2 Å². The summed E-state index contributed by atoms with van der Waals surface area (Å²) in [5, 5.41) is 2.89. The van der Waals surface area contributed by atoms with Gasteiger partial charge in [0.2, 0.25) is 5.91 Å². The third-order valence-corrected chi connectivity index (χ3v) is 3.62. The Labute approximate surface area is 131 Å². The molecule has 0 bridgehead atoms. The average Bonchev–Trinajstić information content (AvgIpc) is 2.44. The van der Waals surface area contributed by atoms with Crippen LogP contribution in [0.2, 0.25) is 0 Å². The minimum absolute atomic E-state index is 0. The first-order valence-corrected chi connectivity index (χ1v) is 7.48. The third kappa shape index (κ3) is 8.30. The van der Waals surface area contributed by atoms with Gasteiger partial charge in [0, 0.05) is 23.6 Å². The molecule has 3 N–H and O–H groups in total. The predicted octanol–water partition coefficient (Wildman–Crippen LogP) is 2.45. The summed E-state index contributed by atoms with van der Waals surface area (Å²) in [5.74, 6) is 1.75. The quantitative estimate of drug-likeness (QED) is 0.542. The lowest BCUT2D eigenvalue weighted by Crippen LogP contribution is -2.25. The Bertz CT molecular complexity index is 374. The van der Waals surface area contributed by atoms with E-state index in [9.17, 15) is 4.79 Å². The number of carbonyl (C=O) groups is 1. The summed E-state index contributed by atoms with van der Waals surface area (Å²) in [6.07, 6.45) is 2.45. The number of nitrogens with one attached hydrogen (secondary N) is 1. The Morgan fingerprint density at radius 1 is 1.30 bits per heavy atom. The molecule has 0 spiro atoms. The number of rotatable bonds is 9. The maximum Gasteiger partial charge on any atom is 0.220 e. The van der Waals surface area contributed by atoms with Gasteiger partial charge in [0.15, 0.2) is 0 Å². The number of nitrogens with two attached hydrogens (primary N) is 1. The first-order valence-electron chi connectivity index (χ1n) is 6.50. The minimum Gasteiger partial charge on any atom is -0.497 e. The van der Waals surface area contributed by atoms with Crippen LogP contribution in [-0.4, -0.2) is 31.9 Å². The number of thioether (sulfide) groups is 1. The van der Waals surface area contributed by atoms with Crippen molar-refractivity contribution in [2.45, 2.75) is 24.2 Å². The van der Waals surface area contributed by atoms with Gasteiger partial charge in [-0.15, -0.1) is 24.2 Å². The Hall–Kier alpha value is -0.910. The number of hydrogen-bond donors (Lipinski definition) is 2. The van der Waals surface area contributed by atoms with Crippen LogP contribution >= 0.6 is 24.2 Å². The molecule has 20 heavy (non-hydrogen) atoms. The minimum atomic E-state index is 0. The molecule has 1 aromatic rings. The van der Waals surface area contributed by atoms with E-state index in [1.807, 2.05) is 24.3 Å². The molecule has 1 amide bonds. The van der Waals surface area contributed by atoms with Crippen LogP contribution < -0.4 is 15.8 Å². The van der Waals surface area contributed by atoms with E-state index in [1.165, 1.54) is 0 Å². The highest BCUT2D eigenvalue weighted by Crippen LogP contribution is 2.21. The van der Waals surface area contributed by atoms with Gasteiger partial charge in [0.25, 0.3) is 0 Å². The van der Waals surface area contributed by atoms with E-state index in [0.29, 0.717) is 13.0 Å². The molecule has 0 heterocycles. The predicted molar refractivity (Wildman–Crippen MR) is 86.9 cm³/mol. The van der Waals surface area contributed by atoms with E-state index in [-0.39, 0.29) is 18.3 Å². The Kier molecular flexibility index (Phi) is 11.3. The lowest BCUT2D eigenvalue weighted by Gasteiger charge is -2.05. The zero-order valence-corrected chi connectivity index (χ0v) is 13.4. The van der Waals surface area contributed by atoms with Crippen LogP contribution in [-0.2, 0) is 4.79 Å². The molecule has 1 rings (SSSR count). The van der Waals surface area contributed by atoms with Crippen LogP contribution in [0.3, 0.4) is 0 Å². The van der Waals surface area contributed by atoms with Crippen molar-refractivity contribution in [3.05, 3.63) is 24.3 Å². The smallest absolute Gasteiger partial charge is 0.220 e. The maximum absolute atomic E-state index is 11.5. The van der Waals surface area contributed by atoms with Crippen LogP contribution in [0.1, 0.15) is 19.3 Å². The molecular formula is C14H23ClN2O2S. The van der Waals surface area contributed by atoms with Crippen molar-refractivity contribution in [2.75, 3.05) is 26.0 Å². The number of benzene rings is 1. The highest BCUT2D eigenvalue weighted by atomic mass is 35.5. The van der Waals surface area contributed by atoms with Crippen molar-refractivity contribution in [3.8, 4) is 5.75 Å². The van der Waals surface area contributed by atoms with Crippen molar-refractivity contribution < 1.29 is 9.53 Å². The van der Waals surface area contributed by atoms with Crippen molar-refractivity contribution in [2.24, 2.45) is 5.73 Å². The molecule has 0 aromatic heterocycles. The number of methoxy groups -OCH3 is 1. The summed E-state index contributed by atoms with van der Waals surface area (Å²) in [6.45, 7) is 1.41. The summed E-state index contributed by atoms with van der Waals surface area (Å²) in [6, 6.07) is 7.86. The largest absolute Gasteiger partial charge is 0.497 e. The van der Waals surface area contributed by atoms with Gasteiger partial charge in [-0.25, -0.2) is 0 Å². The second-order valence-corrected chi connectivity index (χ2v) is 5.29. The van der Waals surface area contributed by atoms with Crippen LogP contribution in [0, 0.1) is 0 Å². The van der Waals surface area contributed by atoms with E-state index in [0.717, 1.165) is 35.8 Å². The first-order chi connectivity index (χ1) is 9.26. The number of unbranched alkanes of at least 4 members (excludes halogenated alkanes) is 1. The Morgan fingerprint density at radius 2 is 2.00 bits per heavy atom. The van der Waals surface area contributed by atoms with Gasteiger partial charge in [-0.1, -0.05) is 0 Å². The summed E-state index contributed by atoms with van der Waals surface area (Å²) < 4.78 is 5.09. The fraction of sp³-hybridized carbons (Fsp3) is 0.500. The summed E-state index contributed by atoms with van der Waals surface area (Å²) in [4.78, 5) is 12.7. The number of halogens is 1. The molecule has 0 radical (unpaired) electrons. The number of ether oxygens (including phenoxy) is 1. The zero-order valence-electron chi connectivity index (χ0n) is 11.8. The van der Waals surface area contributed by atoms with Gasteiger partial charge in [0.05, 0.1) is 7.11 Å². The summed E-state index contributed by atoms with van der Waals surface area (Å²) in [7, 11) is 1.65. The van der Waals surface area contributed by atoms with Crippen LogP contribution in [0.4, 0.5) is 0 Å². The molecular weight excluding hydrogens is 296 g/mol. The highest BCUT2D eigenvalue weighted by Gasteiger charge is 2.01. The molecule has 0 fully saturated rings. The molecule has 0 atom stereocenters. The first kappa shape index (κ1) is 19.1. The molecule has 114 valence electrons. The fourth-order valence-electron chi connectivity index (χ4n) is 1.52. The number of hydrogen-bond acceptors (Lipinski definition) is 4. The lowest BCUT2D eigenvalue weighted by molar-refractivity contribution is -0.120. The molecule has 0 saturated heterocycles. The van der Waals surface area contributed by atoms with Crippen LogP contribution in [0.5, 0.6) is 5.75 Å². The van der Waals surface area contributed by atoms with Crippen molar-refractivity contribution in [1.29, 1.82) is 0 Å². The fourth-order valence-corrected chi connectivity index (χ4v) is 2.37. The van der Waals surface area contributed by atoms with E-state index < -0.39 is 0 Å². The van der Waals surface area contributed by atoms with Crippen molar-refractivity contribution in [1.82, 2.24) is 5.32 Å². The molecule has 6 heteroatoms. The molecule has 0 saturated carbocycles. The number of carbonyl (C=O) groups excluding carboxylic acids is 1. The summed E-state index contributed by atoms with van der Waals surface area (Å²) >= 11 is 1.68. The highest BCUT2D eigenvalue weighted by molar-refractivity contribution is 7.99. The van der Waals surface area contributed by atoms with Gasteiger partial charge >= 0.3 is 0 Å². The van der Waals surface area contributed by atoms with E-state index in [4.69, 9.17) is 10.5 Å². The van der Waals surface area contributed by atoms with Gasteiger partial charge < -0.3 is 15.8 Å². The van der Waals surface area contributed by atoms with Crippen molar-refractivity contribution in [3.63, 3.8) is 0 Å². The van der Waals surface area contributed by atoms with Gasteiger partial charge in [-0.2, -0.15) is 0 Å². The topological polar surface area (TPSA) is 64.3 Å². The second-order valence-electron chi connectivity index (χ2n) is 4.12. The van der Waals surface area contributed by atoms with Gasteiger partial charge in [-0.3, -0.25) is 4.79 Å². The van der Waals surface area contributed by atoms with Crippen molar-refractivity contribution >= 4 is 30.1 Å². The van der Waals surface area contributed by atoms with E-state index in [1.54, 1.807) is 18.9 Å². The maximum atomic E-state index is 11.5.